The lowest BCUT2D eigenvalue weighted by Crippen LogP contribution is -2.54. The number of nitrogens with zero attached hydrogens (tertiary/aromatic N) is 3. The van der Waals surface area contributed by atoms with E-state index in [1.54, 1.807) is 0 Å². The lowest BCUT2D eigenvalue weighted by Gasteiger charge is -2.39. The van der Waals surface area contributed by atoms with Crippen LogP contribution in [0.15, 0.2) is 0 Å². The Hall–Kier alpha value is -0.650. The Morgan fingerprint density at radius 1 is 0.880 bits per heavy atom. The molecule has 2 heterocycles. The molecular formula is C20H38N4O. The fraction of sp³-hybridized carbons (Fsp3) is 0.950. The normalized spacial score (nSPS) is 28.6. The molecule has 2 saturated heterocycles. The summed E-state index contributed by atoms with van der Waals surface area (Å²) in [5.41, 5.74) is 0. The summed E-state index contributed by atoms with van der Waals surface area (Å²) in [5, 5.41) is 3.34. The number of piperidine rings is 1. The number of amides is 1. The van der Waals surface area contributed by atoms with Gasteiger partial charge in [0.1, 0.15) is 0 Å². The molecular weight excluding hydrogens is 312 g/mol. The van der Waals surface area contributed by atoms with Crippen LogP contribution in [0.4, 0.5) is 0 Å². The number of piperazine rings is 1. The summed E-state index contributed by atoms with van der Waals surface area (Å²) in [7, 11) is 0. The molecule has 144 valence electrons. The fourth-order valence-electron chi connectivity index (χ4n) is 4.82. The van der Waals surface area contributed by atoms with E-state index < -0.39 is 0 Å². The maximum Gasteiger partial charge on any atom is 0.234 e. The summed E-state index contributed by atoms with van der Waals surface area (Å²) in [5.74, 6) is 0.234. The molecule has 0 radical (unpaired) electrons. The van der Waals surface area contributed by atoms with E-state index in [2.05, 4.69) is 26.9 Å². The van der Waals surface area contributed by atoms with E-state index in [1.165, 1.54) is 51.5 Å². The number of likely N-dealkylation sites (N-methyl/N-ethyl adjacent to an activating group) is 1. The zero-order valence-electron chi connectivity index (χ0n) is 16.2. The molecule has 2 aliphatic heterocycles. The molecule has 5 heteroatoms. The zero-order valence-corrected chi connectivity index (χ0v) is 16.2. The van der Waals surface area contributed by atoms with Crippen LogP contribution < -0.4 is 5.32 Å². The highest BCUT2D eigenvalue weighted by Gasteiger charge is 2.27. The van der Waals surface area contributed by atoms with Crippen molar-refractivity contribution in [3.05, 3.63) is 0 Å². The molecule has 0 bridgehead atoms. The van der Waals surface area contributed by atoms with E-state index in [-0.39, 0.29) is 5.91 Å². The third-order valence-electron chi connectivity index (χ3n) is 6.44. The standard InChI is InChI=1S/C20H38N4O/c1-2-22-12-14-23(15-13-22)17-20(25)21-18-8-7-11-24(16-18)19-9-5-3-4-6-10-19/h18-19H,2-17H2,1H3,(H,21,25). The quantitative estimate of drug-likeness (QED) is 0.769. The Bertz CT molecular complexity index is 401. The summed E-state index contributed by atoms with van der Waals surface area (Å²) >= 11 is 0. The van der Waals surface area contributed by atoms with Gasteiger partial charge in [0.2, 0.25) is 5.91 Å². The largest absolute Gasteiger partial charge is 0.351 e. The van der Waals surface area contributed by atoms with Crippen LogP contribution in [0.1, 0.15) is 58.3 Å². The van der Waals surface area contributed by atoms with Crippen molar-refractivity contribution in [1.29, 1.82) is 0 Å². The van der Waals surface area contributed by atoms with Crippen LogP contribution in [0, 0.1) is 0 Å². The molecule has 1 unspecified atom stereocenters. The molecule has 1 amide bonds. The maximum atomic E-state index is 12.5. The average molecular weight is 351 g/mol. The summed E-state index contributed by atoms with van der Waals surface area (Å²) in [6.07, 6.45) is 10.7. The third kappa shape index (κ3) is 5.93. The third-order valence-corrected chi connectivity index (χ3v) is 6.44. The van der Waals surface area contributed by atoms with Crippen LogP contribution >= 0.6 is 0 Å². The number of nitrogens with one attached hydrogen (secondary N) is 1. The Balaban J connectivity index is 1.40. The van der Waals surface area contributed by atoms with Crippen molar-refractivity contribution in [2.45, 2.75) is 70.4 Å². The first kappa shape index (κ1) is 19.1. The Kier molecular flexibility index (Phi) is 7.56. The lowest BCUT2D eigenvalue weighted by molar-refractivity contribution is -0.123. The van der Waals surface area contributed by atoms with E-state index in [0.717, 1.165) is 51.7 Å². The van der Waals surface area contributed by atoms with Gasteiger partial charge in [0.15, 0.2) is 0 Å². The van der Waals surface area contributed by atoms with Crippen molar-refractivity contribution in [3.8, 4) is 0 Å². The summed E-state index contributed by atoms with van der Waals surface area (Å²) < 4.78 is 0. The predicted molar refractivity (Wildman–Crippen MR) is 103 cm³/mol. The first-order valence-corrected chi connectivity index (χ1v) is 10.7. The number of hydrogen-bond donors (Lipinski definition) is 1. The minimum atomic E-state index is 0.234. The topological polar surface area (TPSA) is 38.8 Å². The van der Waals surface area contributed by atoms with Crippen molar-refractivity contribution in [2.24, 2.45) is 0 Å². The van der Waals surface area contributed by atoms with E-state index in [0.29, 0.717) is 12.6 Å². The number of hydrogen-bond acceptors (Lipinski definition) is 4. The molecule has 1 saturated carbocycles. The van der Waals surface area contributed by atoms with E-state index in [1.807, 2.05) is 0 Å². The average Bonchev–Trinajstić information content (AvgIpc) is 2.92. The second-order valence-electron chi connectivity index (χ2n) is 8.26. The molecule has 1 aliphatic carbocycles. The molecule has 3 fully saturated rings. The van der Waals surface area contributed by atoms with Crippen molar-refractivity contribution >= 4 is 5.91 Å². The number of rotatable bonds is 5. The number of likely N-dealkylation sites (tertiary alicyclic amines) is 1. The highest BCUT2D eigenvalue weighted by Crippen LogP contribution is 2.24. The van der Waals surface area contributed by atoms with E-state index >= 15 is 0 Å². The second kappa shape index (κ2) is 9.89. The molecule has 25 heavy (non-hydrogen) atoms. The minimum absolute atomic E-state index is 0.234. The van der Waals surface area contributed by atoms with Gasteiger partial charge < -0.3 is 10.2 Å². The minimum Gasteiger partial charge on any atom is -0.351 e. The van der Waals surface area contributed by atoms with Gasteiger partial charge in [-0.3, -0.25) is 14.6 Å². The molecule has 5 nitrogen and oxygen atoms in total. The first-order chi connectivity index (χ1) is 12.2. The molecule has 0 aromatic rings. The Morgan fingerprint density at radius 2 is 1.56 bits per heavy atom. The second-order valence-corrected chi connectivity index (χ2v) is 8.26. The zero-order chi connectivity index (χ0) is 17.5. The summed E-state index contributed by atoms with van der Waals surface area (Å²) in [6, 6.07) is 1.13. The van der Waals surface area contributed by atoms with Gasteiger partial charge in [0, 0.05) is 44.8 Å². The molecule has 1 N–H and O–H groups in total. The van der Waals surface area contributed by atoms with Crippen molar-refractivity contribution in [3.63, 3.8) is 0 Å². The predicted octanol–water partition coefficient (Wildman–Crippen LogP) is 1.93. The first-order valence-electron chi connectivity index (χ1n) is 10.7. The molecule has 0 spiro atoms. The van der Waals surface area contributed by atoms with Gasteiger partial charge in [-0.1, -0.05) is 32.6 Å². The van der Waals surface area contributed by atoms with Gasteiger partial charge >= 0.3 is 0 Å². The summed E-state index contributed by atoms with van der Waals surface area (Å²) in [6.45, 7) is 10.5. The molecule has 3 rings (SSSR count). The SMILES string of the molecule is CCN1CCN(CC(=O)NC2CCCN(C3CCCCCC3)C2)CC1. The van der Waals surface area contributed by atoms with Crippen molar-refractivity contribution < 1.29 is 4.79 Å². The van der Waals surface area contributed by atoms with Gasteiger partial charge in [-0.05, 0) is 38.8 Å². The van der Waals surface area contributed by atoms with E-state index in [9.17, 15) is 4.79 Å². The van der Waals surface area contributed by atoms with Crippen LogP contribution in [0.2, 0.25) is 0 Å². The van der Waals surface area contributed by atoms with Crippen LogP contribution in [0.25, 0.3) is 0 Å². The number of carbonyl (C=O) groups excluding carboxylic acids is 1. The van der Waals surface area contributed by atoms with Gasteiger partial charge in [-0.25, -0.2) is 0 Å². The Morgan fingerprint density at radius 3 is 2.24 bits per heavy atom. The molecule has 3 aliphatic rings. The molecule has 1 atom stereocenters. The van der Waals surface area contributed by atoms with Gasteiger partial charge in [-0.2, -0.15) is 0 Å². The van der Waals surface area contributed by atoms with Gasteiger partial charge in [0.05, 0.1) is 6.54 Å². The van der Waals surface area contributed by atoms with Gasteiger partial charge in [0.25, 0.3) is 0 Å². The van der Waals surface area contributed by atoms with Crippen LogP contribution in [-0.2, 0) is 4.79 Å². The Labute approximate surface area is 154 Å². The van der Waals surface area contributed by atoms with Crippen LogP contribution in [-0.4, -0.2) is 85.0 Å². The van der Waals surface area contributed by atoms with Crippen molar-refractivity contribution in [1.82, 2.24) is 20.0 Å². The molecule has 0 aromatic carbocycles. The van der Waals surface area contributed by atoms with Crippen LogP contribution in [0.5, 0.6) is 0 Å². The highest BCUT2D eigenvalue weighted by molar-refractivity contribution is 5.78. The number of carbonyl (C=O) groups is 1. The van der Waals surface area contributed by atoms with Gasteiger partial charge in [-0.15, -0.1) is 0 Å². The van der Waals surface area contributed by atoms with Crippen LogP contribution in [0.3, 0.4) is 0 Å². The summed E-state index contributed by atoms with van der Waals surface area (Å²) in [4.78, 5) is 19.9. The highest BCUT2D eigenvalue weighted by atomic mass is 16.2. The lowest BCUT2D eigenvalue weighted by atomic mass is 10.00. The fourth-order valence-corrected chi connectivity index (χ4v) is 4.82. The molecule has 0 aromatic heterocycles. The van der Waals surface area contributed by atoms with Crippen molar-refractivity contribution in [2.75, 3.05) is 52.4 Å². The monoisotopic (exact) mass is 350 g/mol. The smallest absolute Gasteiger partial charge is 0.234 e. The maximum absolute atomic E-state index is 12.5. The van der Waals surface area contributed by atoms with E-state index in [4.69, 9.17) is 0 Å².